The first kappa shape index (κ1) is 46.5. The lowest BCUT2D eigenvalue weighted by molar-refractivity contribution is 0.00806. The zero-order valence-electron chi connectivity index (χ0n) is 36.4. The lowest BCUT2D eigenvalue weighted by Crippen LogP contribution is -2.55. The molecule has 1 N–H and O–H groups in total. The predicted octanol–water partition coefficient (Wildman–Crippen LogP) is 8.13. The van der Waals surface area contributed by atoms with Crippen LogP contribution >= 0.6 is 22.6 Å². The maximum absolute atomic E-state index is 12.4. The number of carbonyl (C=O) groups excluding carboxylic acids is 3. The molecule has 324 valence electrons. The van der Waals surface area contributed by atoms with Crippen molar-refractivity contribution in [3.63, 3.8) is 0 Å². The van der Waals surface area contributed by atoms with E-state index in [1.165, 1.54) is 16.7 Å². The van der Waals surface area contributed by atoms with E-state index in [1.807, 2.05) is 89.9 Å². The van der Waals surface area contributed by atoms with Gasteiger partial charge in [-0.25, -0.2) is 14.4 Å². The largest absolute Gasteiger partial charge is 0.444 e. The van der Waals surface area contributed by atoms with Gasteiger partial charge >= 0.3 is 18.2 Å². The van der Waals surface area contributed by atoms with Crippen LogP contribution in [-0.2, 0) is 9.47 Å². The zero-order chi connectivity index (χ0) is 43.5. The highest BCUT2D eigenvalue weighted by Crippen LogP contribution is 2.30. The molecule has 4 amide bonds. The number of nitrogens with zero attached hydrogens (tertiary/aromatic N) is 6. The summed E-state index contributed by atoms with van der Waals surface area (Å²) in [7, 11) is 1.85. The van der Waals surface area contributed by atoms with E-state index in [2.05, 4.69) is 88.7 Å². The van der Waals surface area contributed by atoms with E-state index in [-0.39, 0.29) is 29.9 Å². The van der Waals surface area contributed by atoms with Gasteiger partial charge in [-0.05, 0) is 64.7 Å². The molecule has 0 aromatic heterocycles. The molecule has 5 aliphatic rings. The third-order valence-electron chi connectivity index (χ3n) is 10.9. The molecule has 0 radical (unpaired) electrons. The maximum atomic E-state index is 12.4. The van der Waals surface area contributed by atoms with E-state index in [0.717, 1.165) is 71.2 Å². The Hall–Kier alpha value is -4.55. The van der Waals surface area contributed by atoms with Crippen LogP contribution in [0.25, 0.3) is 0 Å². The minimum atomic E-state index is -0.408. The van der Waals surface area contributed by atoms with Crippen molar-refractivity contribution in [1.82, 2.24) is 29.8 Å². The minimum absolute atomic E-state index is 0.0898. The van der Waals surface area contributed by atoms with Crippen molar-refractivity contribution in [2.45, 2.75) is 86.9 Å². The molecule has 1 atom stereocenters. The Bertz CT molecular complexity index is 1850. The molecule has 5 heterocycles. The van der Waals surface area contributed by atoms with E-state index >= 15 is 0 Å². The van der Waals surface area contributed by atoms with Crippen molar-refractivity contribution in [2.75, 3.05) is 72.5 Å². The predicted molar refractivity (Wildman–Crippen MR) is 244 cm³/mol. The van der Waals surface area contributed by atoms with Gasteiger partial charge in [0, 0.05) is 94.2 Å². The zero-order valence-corrected chi connectivity index (χ0v) is 38.6. The fourth-order valence-corrected chi connectivity index (χ4v) is 8.09. The van der Waals surface area contributed by atoms with Crippen molar-refractivity contribution in [3.8, 4) is 6.19 Å². The quantitative estimate of drug-likeness (QED) is 0.158. The molecule has 8 rings (SSSR count). The number of amides is 4. The van der Waals surface area contributed by atoms with E-state index < -0.39 is 5.60 Å². The van der Waals surface area contributed by atoms with Gasteiger partial charge in [0.05, 0.1) is 6.04 Å². The Balaban J connectivity index is 0.000000158. The van der Waals surface area contributed by atoms with Gasteiger partial charge in [0.2, 0.25) is 0 Å². The van der Waals surface area contributed by atoms with E-state index in [9.17, 15) is 14.4 Å². The molecule has 3 aromatic rings. The number of hydrogen-bond acceptors (Lipinski definition) is 8. The number of nitriles is 1. The second-order valence-corrected chi connectivity index (χ2v) is 19.9. The van der Waals surface area contributed by atoms with Gasteiger partial charge in [0.15, 0.2) is 6.19 Å². The topological polar surface area (TPSA) is 122 Å². The van der Waals surface area contributed by atoms with Gasteiger partial charge in [-0.1, -0.05) is 114 Å². The fourth-order valence-electron chi connectivity index (χ4n) is 7.14. The second kappa shape index (κ2) is 21.3. The number of hydrogen-bond donors (Lipinski definition) is 1. The summed E-state index contributed by atoms with van der Waals surface area (Å²) in [6.07, 6.45) is 2.65. The van der Waals surface area contributed by atoms with E-state index in [0.29, 0.717) is 22.3 Å². The molecule has 5 saturated heterocycles. The molecular formula is C47H64IN7O5. The third kappa shape index (κ3) is 14.0. The summed E-state index contributed by atoms with van der Waals surface area (Å²) >= 11 is 2.33. The van der Waals surface area contributed by atoms with E-state index in [1.54, 1.807) is 19.6 Å². The molecule has 0 unspecified atom stereocenters. The lowest BCUT2D eigenvalue weighted by atomic mass is 9.92. The average molecular weight is 934 g/mol. The number of ether oxygens (including phenoxy) is 2. The molecule has 5 fully saturated rings. The average Bonchev–Trinajstić information content (AvgIpc) is 3.62. The number of nitrogens with one attached hydrogen (secondary N) is 1. The van der Waals surface area contributed by atoms with Crippen LogP contribution in [-0.4, -0.2) is 136 Å². The van der Waals surface area contributed by atoms with Crippen LogP contribution in [0.2, 0.25) is 0 Å². The molecule has 5 aliphatic heterocycles. The number of rotatable bonds is 4. The number of alkyl halides is 1. The van der Waals surface area contributed by atoms with Gasteiger partial charge in [0.1, 0.15) is 11.2 Å². The van der Waals surface area contributed by atoms with Gasteiger partial charge in [-0.3, -0.25) is 0 Å². The Morgan fingerprint density at radius 1 is 0.650 bits per heavy atom. The number of likely N-dealkylation sites (tertiary alicyclic amines) is 4. The third-order valence-corrected chi connectivity index (χ3v) is 11.7. The molecule has 3 aromatic carbocycles. The Morgan fingerprint density at radius 2 is 1.05 bits per heavy atom. The van der Waals surface area contributed by atoms with Crippen LogP contribution in [0, 0.1) is 11.5 Å². The summed E-state index contributed by atoms with van der Waals surface area (Å²) in [5.41, 5.74) is 3.30. The molecule has 0 saturated carbocycles. The van der Waals surface area contributed by atoms with Crippen LogP contribution in [0.1, 0.15) is 82.4 Å². The summed E-state index contributed by atoms with van der Waals surface area (Å²) in [5.74, 6) is 1.70. The molecule has 0 spiro atoms. The first-order valence-electron chi connectivity index (χ1n) is 21.1. The summed E-state index contributed by atoms with van der Waals surface area (Å²) < 4.78 is 11.1. The number of halogens is 1. The monoisotopic (exact) mass is 933 g/mol. The Kier molecular flexibility index (Phi) is 16.5. The highest BCUT2D eigenvalue weighted by molar-refractivity contribution is 14.1. The summed E-state index contributed by atoms with van der Waals surface area (Å²) in [6.45, 7) is 19.8. The number of carbonyl (C=O) groups is 3. The van der Waals surface area contributed by atoms with Gasteiger partial charge in [0.25, 0.3) is 0 Å². The molecule has 13 heteroatoms. The van der Waals surface area contributed by atoms with Crippen molar-refractivity contribution in [1.29, 1.82) is 5.26 Å². The SMILES string of the molecule is CC(C)(C)OC(=O)N1CC(I)C1.CC(C)(C)OC(=O)N1CC(c2ccccc2)C1.CN(C(=O)N1CC(c2ccccc2)C1)[C@@H]1CCN(C#N)C1.c1ccc(C2CNC2)cc1. The maximum Gasteiger partial charge on any atom is 0.410 e. The van der Waals surface area contributed by atoms with E-state index in [4.69, 9.17) is 14.7 Å². The fraction of sp³-hybridized carbons (Fsp3) is 0.532. The van der Waals surface area contributed by atoms with Crippen molar-refractivity contribution in [2.24, 2.45) is 0 Å². The molecular weight excluding hydrogens is 869 g/mol. The van der Waals surface area contributed by atoms with Crippen LogP contribution in [0.3, 0.4) is 0 Å². The normalized spacial score (nSPS) is 19.1. The molecule has 0 bridgehead atoms. The number of urea groups is 1. The van der Waals surface area contributed by atoms with Gasteiger partial charge < -0.3 is 39.3 Å². The standard InChI is InChI=1S/C16H20N4O.C14H19NO2.C9H11N.C8H14INO2/c1-18(15-7-8-19(11-15)12-17)16(21)20-9-14(10-20)13-5-3-2-4-6-13;1-14(2,3)17-13(16)15-9-12(10-15)11-7-5-4-6-8-11;1-2-4-8(5-3-1)9-6-10-7-9;1-8(2,3)12-7(11)10-4-6(9)5-10/h2-6,14-15H,7-11H2,1H3;4-8,12H,9-10H2,1-3H3;1-5,9-10H,6-7H2;6H,4-5H2,1-3H3/t15-;;;/m1.../s1. The minimum Gasteiger partial charge on any atom is -0.444 e. The number of benzene rings is 3. The smallest absolute Gasteiger partial charge is 0.410 e. The van der Waals surface area contributed by atoms with Gasteiger partial charge in [-0.2, -0.15) is 5.26 Å². The van der Waals surface area contributed by atoms with Gasteiger partial charge in [-0.15, -0.1) is 0 Å². The first-order chi connectivity index (χ1) is 28.5. The first-order valence-corrected chi connectivity index (χ1v) is 22.4. The molecule has 12 nitrogen and oxygen atoms in total. The Labute approximate surface area is 371 Å². The molecule has 60 heavy (non-hydrogen) atoms. The second-order valence-electron chi connectivity index (χ2n) is 18.1. The Morgan fingerprint density at radius 3 is 1.40 bits per heavy atom. The van der Waals surface area contributed by atoms with Crippen LogP contribution in [0.15, 0.2) is 91.0 Å². The van der Waals surface area contributed by atoms with Crippen molar-refractivity contribution >= 4 is 40.8 Å². The molecule has 0 aliphatic carbocycles. The van der Waals surface area contributed by atoms with Crippen LogP contribution in [0.4, 0.5) is 14.4 Å². The summed E-state index contributed by atoms with van der Waals surface area (Å²) in [6, 6.07) is 31.6. The summed E-state index contributed by atoms with van der Waals surface area (Å²) in [4.78, 5) is 44.3. The highest BCUT2D eigenvalue weighted by Gasteiger charge is 2.37. The highest BCUT2D eigenvalue weighted by atomic mass is 127. The summed E-state index contributed by atoms with van der Waals surface area (Å²) in [5, 5.41) is 12.2. The number of likely N-dealkylation sites (N-methyl/N-ethyl adjacent to an activating group) is 1. The van der Waals surface area contributed by atoms with Crippen molar-refractivity contribution < 1.29 is 23.9 Å². The van der Waals surface area contributed by atoms with Crippen LogP contribution in [0.5, 0.6) is 0 Å². The van der Waals surface area contributed by atoms with Crippen molar-refractivity contribution in [3.05, 3.63) is 108 Å². The van der Waals surface area contributed by atoms with Crippen LogP contribution < -0.4 is 5.32 Å². The lowest BCUT2D eigenvalue weighted by Gasteiger charge is -2.42.